The van der Waals surface area contributed by atoms with Gasteiger partial charge in [0.25, 0.3) is 5.91 Å². The zero-order valence-corrected chi connectivity index (χ0v) is 18.0. The van der Waals surface area contributed by atoms with Crippen molar-refractivity contribution in [3.8, 4) is 0 Å². The van der Waals surface area contributed by atoms with Crippen LogP contribution in [-0.2, 0) is 17.9 Å². The molecule has 0 bridgehead atoms. The van der Waals surface area contributed by atoms with Gasteiger partial charge in [0.2, 0.25) is 5.91 Å². The fourth-order valence-electron chi connectivity index (χ4n) is 3.81. The fourth-order valence-corrected chi connectivity index (χ4v) is 3.81. The number of carbonyl (C=O) groups is 2. The van der Waals surface area contributed by atoms with Crippen molar-refractivity contribution in [2.24, 2.45) is 0 Å². The first-order valence-electron chi connectivity index (χ1n) is 10.9. The third-order valence-electron chi connectivity index (χ3n) is 5.53. The molecule has 32 heavy (non-hydrogen) atoms. The zero-order chi connectivity index (χ0) is 22.2. The number of furan rings is 1. The van der Waals surface area contributed by atoms with E-state index < -0.39 is 0 Å². The highest BCUT2D eigenvalue weighted by atomic mass is 16.3. The van der Waals surface area contributed by atoms with Crippen LogP contribution >= 0.6 is 0 Å². The minimum absolute atomic E-state index is 0.118. The highest BCUT2D eigenvalue weighted by molar-refractivity contribution is 6.04. The fraction of sp³-hybridized carbons (Fsp3) is 0.280. The Hall–Kier alpha value is -3.42. The van der Waals surface area contributed by atoms with Gasteiger partial charge in [-0.25, -0.2) is 0 Å². The molecule has 7 nitrogen and oxygen atoms in total. The monoisotopic (exact) mass is 432 g/mol. The number of rotatable bonds is 8. The predicted octanol–water partition coefficient (Wildman–Crippen LogP) is 2.97. The van der Waals surface area contributed by atoms with Crippen LogP contribution in [0.5, 0.6) is 0 Å². The molecule has 7 heteroatoms. The second-order valence-corrected chi connectivity index (χ2v) is 7.89. The van der Waals surface area contributed by atoms with Crippen molar-refractivity contribution in [3.05, 3.63) is 89.9 Å². The van der Waals surface area contributed by atoms with Crippen LogP contribution in [0.25, 0.3) is 0 Å². The molecular formula is C25H28N4O3. The Bertz CT molecular complexity index is 1010. The zero-order valence-electron chi connectivity index (χ0n) is 18.0. The van der Waals surface area contributed by atoms with Gasteiger partial charge in [-0.15, -0.1) is 0 Å². The SMILES string of the molecule is O=C(CN1CCN(Cc2ccccc2)CC1)Nc1ccccc1C(=O)NCc1ccco1. The van der Waals surface area contributed by atoms with Gasteiger partial charge in [-0.1, -0.05) is 42.5 Å². The van der Waals surface area contributed by atoms with Crippen LogP contribution in [-0.4, -0.2) is 54.3 Å². The second kappa shape index (κ2) is 10.7. The van der Waals surface area contributed by atoms with Crippen molar-refractivity contribution < 1.29 is 14.0 Å². The standard InChI is InChI=1S/C25H28N4O3/c30-24(19-29-14-12-28(13-15-29)18-20-7-2-1-3-8-20)27-23-11-5-4-10-22(23)25(31)26-17-21-9-6-16-32-21/h1-11,16H,12-15,17-19H2,(H,26,31)(H,27,30). The largest absolute Gasteiger partial charge is 0.467 e. The molecule has 0 radical (unpaired) electrons. The van der Waals surface area contributed by atoms with Gasteiger partial charge in [0.05, 0.1) is 30.6 Å². The minimum atomic E-state index is -0.258. The minimum Gasteiger partial charge on any atom is -0.467 e. The number of amides is 2. The number of nitrogens with one attached hydrogen (secondary N) is 2. The van der Waals surface area contributed by atoms with Gasteiger partial charge in [0, 0.05) is 32.7 Å². The number of nitrogens with zero attached hydrogens (tertiary/aromatic N) is 2. The Balaban J connectivity index is 1.26. The molecule has 0 spiro atoms. The van der Waals surface area contributed by atoms with E-state index in [2.05, 4.69) is 44.7 Å². The van der Waals surface area contributed by atoms with E-state index in [1.54, 1.807) is 42.7 Å². The summed E-state index contributed by atoms with van der Waals surface area (Å²) in [5, 5.41) is 5.73. The molecule has 2 heterocycles. The summed E-state index contributed by atoms with van der Waals surface area (Å²) in [6.45, 7) is 5.06. The summed E-state index contributed by atoms with van der Waals surface area (Å²) in [5.41, 5.74) is 2.25. The summed E-state index contributed by atoms with van der Waals surface area (Å²) in [4.78, 5) is 29.8. The van der Waals surface area contributed by atoms with Gasteiger partial charge < -0.3 is 15.1 Å². The summed E-state index contributed by atoms with van der Waals surface area (Å²) >= 11 is 0. The van der Waals surface area contributed by atoms with Gasteiger partial charge >= 0.3 is 0 Å². The topological polar surface area (TPSA) is 77.8 Å². The highest BCUT2D eigenvalue weighted by Gasteiger charge is 2.20. The second-order valence-electron chi connectivity index (χ2n) is 7.89. The van der Waals surface area contributed by atoms with Crippen LogP contribution in [0.15, 0.2) is 77.4 Å². The molecule has 2 N–H and O–H groups in total. The van der Waals surface area contributed by atoms with Crippen molar-refractivity contribution >= 4 is 17.5 Å². The van der Waals surface area contributed by atoms with Gasteiger partial charge in [-0.2, -0.15) is 0 Å². The lowest BCUT2D eigenvalue weighted by atomic mass is 10.1. The van der Waals surface area contributed by atoms with Crippen molar-refractivity contribution in [2.75, 3.05) is 38.0 Å². The average Bonchev–Trinajstić information content (AvgIpc) is 3.34. The van der Waals surface area contributed by atoms with E-state index in [9.17, 15) is 9.59 Å². The van der Waals surface area contributed by atoms with Crippen LogP contribution in [0, 0.1) is 0 Å². The Morgan fingerprint density at radius 1 is 0.844 bits per heavy atom. The maximum atomic E-state index is 12.7. The number of hydrogen-bond donors (Lipinski definition) is 2. The van der Waals surface area contributed by atoms with Crippen LogP contribution in [0.1, 0.15) is 21.7 Å². The molecule has 2 aromatic carbocycles. The van der Waals surface area contributed by atoms with E-state index in [0.717, 1.165) is 32.7 Å². The van der Waals surface area contributed by atoms with Crippen LogP contribution in [0.3, 0.4) is 0 Å². The van der Waals surface area contributed by atoms with Crippen LogP contribution in [0.4, 0.5) is 5.69 Å². The van der Waals surface area contributed by atoms with Crippen molar-refractivity contribution in [3.63, 3.8) is 0 Å². The number of hydrogen-bond acceptors (Lipinski definition) is 5. The van der Waals surface area contributed by atoms with E-state index in [4.69, 9.17) is 4.42 Å². The first-order chi connectivity index (χ1) is 15.7. The quantitative estimate of drug-likeness (QED) is 0.572. The van der Waals surface area contributed by atoms with Crippen molar-refractivity contribution in [1.82, 2.24) is 15.1 Å². The molecule has 4 rings (SSSR count). The van der Waals surface area contributed by atoms with E-state index in [1.807, 2.05) is 6.07 Å². The Labute approximate surface area is 188 Å². The smallest absolute Gasteiger partial charge is 0.253 e. The molecule has 1 aromatic heterocycles. The molecule has 166 valence electrons. The van der Waals surface area contributed by atoms with E-state index in [1.165, 1.54) is 5.56 Å². The molecule has 1 saturated heterocycles. The van der Waals surface area contributed by atoms with Crippen LogP contribution in [0.2, 0.25) is 0 Å². The molecule has 3 aromatic rings. The predicted molar refractivity (Wildman–Crippen MR) is 123 cm³/mol. The summed E-state index contributed by atoms with van der Waals surface area (Å²) in [6, 6.07) is 21.0. The summed E-state index contributed by atoms with van der Waals surface area (Å²) in [6.07, 6.45) is 1.57. The third-order valence-corrected chi connectivity index (χ3v) is 5.53. The number of anilines is 1. The molecule has 1 fully saturated rings. The van der Waals surface area contributed by atoms with Crippen molar-refractivity contribution in [2.45, 2.75) is 13.1 Å². The third kappa shape index (κ3) is 6.06. The van der Waals surface area contributed by atoms with E-state index in [0.29, 0.717) is 30.1 Å². The molecule has 0 saturated carbocycles. The highest BCUT2D eigenvalue weighted by Crippen LogP contribution is 2.16. The van der Waals surface area contributed by atoms with Gasteiger partial charge in [0.15, 0.2) is 0 Å². The molecule has 2 amide bonds. The normalized spacial score (nSPS) is 14.8. The van der Waals surface area contributed by atoms with Gasteiger partial charge in [-0.3, -0.25) is 19.4 Å². The lowest BCUT2D eigenvalue weighted by Crippen LogP contribution is -2.48. The number of carbonyl (C=O) groups excluding carboxylic acids is 2. The molecule has 0 unspecified atom stereocenters. The summed E-state index contributed by atoms with van der Waals surface area (Å²) in [7, 11) is 0. The van der Waals surface area contributed by atoms with E-state index >= 15 is 0 Å². The number of para-hydroxylation sites is 1. The maximum absolute atomic E-state index is 12.7. The Kier molecular flexibility index (Phi) is 7.32. The first-order valence-corrected chi connectivity index (χ1v) is 10.9. The molecule has 1 aliphatic rings. The summed E-state index contributed by atoms with van der Waals surface area (Å²) < 4.78 is 5.25. The van der Waals surface area contributed by atoms with Crippen LogP contribution < -0.4 is 10.6 Å². The molecule has 1 aliphatic heterocycles. The van der Waals surface area contributed by atoms with E-state index in [-0.39, 0.29) is 11.8 Å². The number of benzene rings is 2. The molecular weight excluding hydrogens is 404 g/mol. The summed E-state index contributed by atoms with van der Waals surface area (Å²) in [5.74, 6) is 0.297. The number of piperazine rings is 1. The molecule has 0 aliphatic carbocycles. The van der Waals surface area contributed by atoms with Crippen molar-refractivity contribution in [1.29, 1.82) is 0 Å². The maximum Gasteiger partial charge on any atom is 0.253 e. The lowest BCUT2D eigenvalue weighted by molar-refractivity contribution is -0.117. The molecule has 0 atom stereocenters. The average molecular weight is 433 g/mol. The first kappa shape index (κ1) is 21.8. The Morgan fingerprint density at radius 2 is 1.56 bits per heavy atom. The van der Waals surface area contributed by atoms with Gasteiger partial charge in [-0.05, 0) is 29.8 Å². The lowest BCUT2D eigenvalue weighted by Gasteiger charge is -2.34. The van der Waals surface area contributed by atoms with Gasteiger partial charge in [0.1, 0.15) is 5.76 Å². The Morgan fingerprint density at radius 3 is 2.31 bits per heavy atom.